The summed E-state index contributed by atoms with van der Waals surface area (Å²) in [5, 5.41) is 1.24. The zero-order valence-corrected chi connectivity index (χ0v) is 15.8. The molecule has 2 aromatic rings. The van der Waals surface area contributed by atoms with Crippen LogP contribution in [0.25, 0.3) is 0 Å². The molecule has 136 valence electrons. The van der Waals surface area contributed by atoms with E-state index < -0.39 is 0 Å². The standard InChI is InChI=1S/C21H22O4S/c1-3-24-17-11-15(13-20(22)23-2)12-18(14-17)25-21-10-9-19(26-21)16-7-5-4-6-8-16/h4-8,10-12,14,19H,3,9,13H2,1-2H3. The second-order valence-corrected chi connectivity index (χ2v) is 7.08. The number of rotatable bonds is 7. The molecule has 0 N–H and O–H groups in total. The van der Waals surface area contributed by atoms with Crippen LogP contribution in [0.1, 0.15) is 29.7 Å². The van der Waals surface area contributed by atoms with Crippen LogP contribution < -0.4 is 9.47 Å². The Labute approximate surface area is 158 Å². The van der Waals surface area contributed by atoms with Gasteiger partial charge in [0.05, 0.1) is 20.1 Å². The van der Waals surface area contributed by atoms with Gasteiger partial charge in [0.25, 0.3) is 0 Å². The molecule has 3 rings (SSSR count). The van der Waals surface area contributed by atoms with E-state index in [1.807, 2.05) is 31.2 Å². The Kier molecular flexibility index (Phi) is 6.23. The predicted octanol–water partition coefficient (Wildman–Crippen LogP) is 4.90. The number of ether oxygens (including phenoxy) is 3. The average Bonchev–Trinajstić information content (AvgIpc) is 3.11. The Morgan fingerprint density at radius 3 is 2.65 bits per heavy atom. The summed E-state index contributed by atoms with van der Waals surface area (Å²) >= 11 is 1.71. The van der Waals surface area contributed by atoms with Crippen LogP contribution in [0.4, 0.5) is 0 Å². The van der Waals surface area contributed by atoms with Crippen molar-refractivity contribution in [3.8, 4) is 11.5 Å². The summed E-state index contributed by atoms with van der Waals surface area (Å²) in [6.45, 7) is 2.47. The van der Waals surface area contributed by atoms with Crippen molar-refractivity contribution in [1.29, 1.82) is 0 Å². The van der Waals surface area contributed by atoms with Crippen LogP contribution in [0.15, 0.2) is 59.7 Å². The molecule has 0 saturated heterocycles. The molecule has 0 aliphatic carbocycles. The SMILES string of the molecule is CCOc1cc(CC(=O)OC)cc(OC2=CCC(c3ccccc3)S2)c1. The molecule has 1 atom stereocenters. The van der Waals surface area contributed by atoms with Gasteiger partial charge < -0.3 is 14.2 Å². The van der Waals surface area contributed by atoms with E-state index >= 15 is 0 Å². The molecule has 4 nitrogen and oxygen atoms in total. The van der Waals surface area contributed by atoms with Gasteiger partial charge in [-0.3, -0.25) is 4.79 Å². The zero-order valence-electron chi connectivity index (χ0n) is 14.9. The molecular formula is C21H22O4S. The quantitative estimate of drug-likeness (QED) is 0.649. The molecule has 0 fully saturated rings. The minimum atomic E-state index is -0.289. The summed E-state index contributed by atoms with van der Waals surface area (Å²) in [7, 11) is 1.38. The first-order valence-electron chi connectivity index (χ1n) is 8.61. The number of benzene rings is 2. The molecule has 26 heavy (non-hydrogen) atoms. The molecule has 0 bridgehead atoms. The van der Waals surface area contributed by atoms with Gasteiger partial charge in [0.15, 0.2) is 5.09 Å². The number of thioether (sulfide) groups is 1. The van der Waals surface area contributed by atoms with Gasteiger partial charge in [-0.15, -0.1) is 0 Å². The van der Waals surface area contributed by atoms with Crippen LogP contribution in [0.2, 0.25) is 0 Å². The Morgan fingerprint density at radius 2 is 1.92 bits per heavy atom. The first kappa shape index (κ1) is 18.4. The molecule has 5 heteroatoms. The van der Waals surface area contributed by atoms with Crippen molar-refractivity contribution < 1.29 is 19.0 Å². The lowest BCUT2D eigenvalue weighted by atomic mass is 10.1. The highest BCUT2D eigenvalue weighted by Crippen LogP contribution is 2.44. The van der Waals surface area contributed by atoms with Gasteiger partial charge in [0.2, 0.25) is 0 Å². The van der Waals surface area contributed by atoms with Crippen LogP contribution in [-0.2, 0) is 16.0 Å². The summed E-state index contributed by atoms with van der Waals surface area (Å²) in [4.78, 5) is 11.6. The van der Waals surface area contributed by atoms with Crippen molar-refractivity contribution in [1.82, 2.24) is 0 Å². The van der Waals surface area contributed by atoms with Crippen LogP contribution in [0, 0.1) is 0 Å². The Bertz CT molecular complexity index is 786. The number of methoxy groups -OCH3 is 1. The van der Waals surface area contributed by atoms with Gasteiger partial charge in [0, 0.05) is 11.3 Å². The third kappa shape index (κ3) is 4.82. The number of carbonyl (C=O) groups is 1. The van der Waals surface area contributed by atoms with E-state index in [0.29, 0.717) is 23.4 Å². The van der Waals surface area contributed by atoms with Crippen molar-refractivity contribution in [2.75, 3.05) is 13.7 Å². The smallest absolute Gasteiger partial charge is 0.309 e. The van der Waals surface area contributed by atoms with Crippen LogP contribution in [-0.4, -0.2) is 19.7 Å². The molecule has 1 aliphatic heterocycles. The molecular weight excluding hydrogens is 348 g/mol. The predicted molar refractivity (Wildman–Crippen MR) is 103 cm³/mol. The van der Waals surface area contributed by atoms with Crippen LogP contribution >= 0.6 is 11.8 Å². The van der Waals surface area contributed by atoms with Crippen molar-refractivity contribution >= 4 is 17.7 Å². The maximum Gasteiger partial charge on any atom is 0.309 e. The molecule has 1 heterocycles. The third-order valence-corrected chi connectivity index (χ3v) is 5.21. The number of allylic oxidation sites excluding steroid dienone is 1. The normalized spacial score (nSPS) is 16.1. The number of carbonyl (C=O) groups excluding carboxylic acids is 1. The molecule has 0 radical (unpaired) electrons. The van der Waals surface area contributed by atoms with E-state index in [4.69, 9.17) is 14.2 Å². The lowest BCUT2D eigenvalue weighted by molar-refractivity contribution is -0.139. The van der Waals surface area contributed by atoms with E-state index in [-0.39, 0.29) is 12.4 Å². The topological polar surface area (TPSA) is 44.8 Å². The lowest BCUT2D eigenvalue weighted by Gasteiger charge is -2.13. The van der Waals surface area contributed by atoms with Crippen molar-refractivity contribution in [3.63, 3.8) is 0 Å². The number of hydrogen-bond donors (Lipinski definition) is 0. The van der Waals surface area contributed by atoms with Gasteiger partial charge >= 0.3 is 5.97 Å². The fourth-order valence-electron chi connectivity index (χ4n) is 2.77. The van der Waals surface area contributed by atoms with Crippen LogP contribution in [0.3, 0.4) is 0 Å². The number of hydrogen-bond acceptors (Lipinski definition) is 5. The van der Waals surface area contributed by atoms with Gasteiger partial charge in [-0.05, 0) is 42.7 Å². The van der Waals surface area contributed by atoms with Gasteiger partial charge in [-0.2, -0.15) is 0 Å². The summed E-state index contributed by atoms with van der Waals surface area (Å²) in [5.74, 6) is 1.07. The average molecular weight is 370 g/mol. The van der Waals surface area contributed by atoms with E-state index in [0.717, 1.165) is 17.1 Å². The van der Waals surface area contributed by atoms with Crippen LogP contribution in [0.5, 0.6) is 11.5 Å². The summed E-state index contributed by atoms with van der Waals surface area (Å²) in [6.07, 6.45) is 3.23. The first-order chi connectivity index (χ1) is 12.7. The molecule has 1 unspecified atom stereocenters. The van der Waals surface area contributed by atoms with Crippen molar-refractivity contribution in [2.24, 2.45) is 0 Å². The maximum atomic E-state index is 11.6. The maximum absolute atomic E-state index is 11.6. The third-order valence-electron chi connectivity index (χ3n) is 3.97. The highest BCUT2D eigenvalue weighted by molar-refractivity contribution is 8.03. The fourth-order valence-corrected chi connectivity index (χ4v) is 3.88. The molecule has 0 spiro atoms. The molecule has 1 aliphatic rings. The van der Waals surface area contributed by atoms with E-state index in [1.165, 1.54) is 12.7 Å². The molecule has 0 saturated carbocycles. The Balaban J connectivity index is 1.71. The summed E-state index contributed by atoms with van der Waals surface area (Å²) in [6, 6.07) is 16.0. The van der Waals surface area contributed by atoms with E-state index in [2.05, 4.69) is 30.3 Å². The van der Waals surface area contributed by atoms with Gasteiger partial charge in [-0.1, -0.05) is 42.1 Å². The second kappa shape index (κ2) is 8.81. The van der Waals surface area contributed by atoms with Gasteiger partial charge in [0.1, 0.15) is 11.5 Å². The van der Waals surface area contributed by atoms with Crippen molar-refractivity contribution in [2.45, 2.75) is 25.0 Å². The minimum Gasteiger partial charge on any atom is -0.494 e. The molecule has 0 amide bonds. The van der Waals surface area contributed by atoms with Gasteiger partial charge in [-0.25, -0.2) is 0 Å². The Morgan fingerprint density at radius 1 is 1.15 bits per heavy atom. The monoisotopic (exact) mass is 370 g/mol. The summed E-state index contributed by atoms with van der Waals surface area (Å²) < 4.78 is 16.4. The number of esters is 1. The van der Waals surface area contributed by atoms with E-state index in [9.17, 15) is 4.79 Å². The lowest BCUT2D eigenvalue weighted by Crippen LogP contribution is -2.05. The Hall–Kier alpha value is -2.40. The summed E-state index contributed by atoms with van der Waals surface area (Å²) in [5.41, 5.74) is 2.10. The minimum absolute atomic E-state index is 0.187. The second-order valence-electron chi connectivity index (χ2n) is 5.88. The fraction of sp³-hybridized carbons (Fsp3) is 0.286. The largest absolute Gasteiger partial charge is 0.494 e. The molecule has 2 aromatic carbocycles. The highest BCUT2D eigenvalue weighted by atomic mass is 32.2. The zero-order chi connectivity index (χ0) is 18.4. The highest BCUT2D eigenvalue weighted by Gasteiger charge is 2.21. The first-order valence-corrected chi connectivity index (χ1v) is 9.49. The molecule has 0 aromatic heterocycles. The van der Waals surface area contributed by atoms with E-state index in [1.54, 1.807) is 11.8 Å². The van der Waals surface area contributed by atoms with Crippen molar-refractivity contribution in [3.05, 3.63) is 70.8 Å².